The molecule has 0 aliphatic carbocycles. The van der Waals surface area contributed by atoms with Crippen LogP contribution in [-0.4, -0.2) is 26.2 Å². The van der Waals surface area contributed by atoms with Crippen molar-refractivity contribution in [2.75, 3.05) is 36.0 Å². The third-order valence-corrected chi connectivity index (χ3v) is 9.81. The van der Waals surface area contributed by atoms with E-state index in [0.717, 1.165) is 39.3 Å². The number of pyridine rings is 2. The third kappa shape index (κ3) is 14.4. The van der Waals surface area contributed by atoms with Crippen LogP contribution in [0.25, 0.3) is 24.3 Å². The summed E-state index contributed by atoms with van der Waals surface area (Å²) in [5.74, 6) is 0. The average molecular weight is 819 g/mol. The molecule has 0 N–H and O–H groups in total. The van der Waals surface area contributed by atoms with E-state index in [0.29, 0.717) is 0 Å². The number of aromatic nitrogens is 2. The Labute approximate surface area is 331 Å². The average Bonchev–Trinajstić information content (AvgIpc) is 3.12. The molecule has 0 aliphatic heterocycles. The first-order valence-electron chi connectivity index (χ1n) is 19.0. The van der Waals surface area contributed by atoms with Gasteiger partial charge in [-0.05, 0) is 101 Å². The summed E-state index contributed by atoms with van der Waals surface area (Å²) in [5.41, 5.74) is 10.3. The molecule has 0 saturated heterocycles. The van der Waals surface area contributed by atoms with Crippen LogP contribution in [-0.2, 0) is 13.1 Å². The summed E-state index contributed by atoms with van der Waals surface area (Å²) < 4.78 is 4.72. The predicted molar refractivity (Wildman–Crippen MR) is 213 cm³/mol. The Kier molecular flexibility index (Phi) is 20.8. The van der Waals surface area contributed by atoms with Crippen LogP contribution in [0.5, 0.6) is 0 Å². The van der Waals surface area contributed by atoms with Gasteiger partial charge in [0.05, 0.1) is 0 Å². The van der Waals surface area contributed by atoms with Gasteiger partial charge in [-0.15, -0.1) is 0 Å². The van der Waals surface area contributed by atoms with Crippen LogP contribution in [0.3, 0.4) is 0 Å². The van der Waals surface area contributed by atoms with Crippen LogP contribution in [0.15, 0.2) is 85.5 Å². The van der Waals surface area contributed by atoms with Crippen molar-refractivity contribution in [3.63, 3.8) is 0 Å². The Morgan fingerprint density at radius 2 is 0.784 bits per heavy atom. The molecule has 0 atom stereocenters. The number of benzene rings is 2. The fourth-order valence-electron chi connectivity index (χ4n) is 6.61. The van der Waals surface area contributed by atoms with Gasteiger partial charge < -0.3 is 43.8 Å². The molecule has 276 valence electrons. The van der Waals surface area contributed by atoms with Crippen molar-refractivity contribution in [1.29, 1.82) is 0 Å². The molecule has 0 amide bonds. The summed E-state index contributed by atoms with van der Waals surface area (Å²) >= 11 is 0. The zero-order chi connectivity index (χ0) is 34.8. The second kappa shape index (κ2) is 24.1. The Morgan fingerprint density at radius 1 is 0.451 bits per heavy atom. The van der Waals surface area contributed by atoms with Gasteiger partial charge in [0.1, 0.15) is 13.1 Å². The monoisotopic (exact) mass is 816 g/mol. The SMILES string of the molecule is CCN(CC)c1ccc(/C=C/c2cc[n+](CCCCCCCCC[n+]3ccc(/C=C/c4ccc(N(CC)CC)cc4)c(C)c3)cc2C)cc1.[Br-].[Br-]. The quantitative estimate of drug-likeness (QED) is 0.0975. The number of unbranched alkanes of at least 4 members (excludes halogenated alkanes) is 6. The fourth-order valence-corrected chi connectivity index (χ4v) is 6.61. The second-order valence-corrected chi connectivity index (χ2v) is 13.3. The highest BCUT2D eigenvalue weighted by Crippen LogP contribution is 2.19. The molecule has 0 radical (unpaired) electrons. The van der Waals surface area contributed by atoms with Gasteiger partial charge in [0.2, 0.25) is 0 Å². The summed E-state index contributed by atoms with van der Waals surface area (Å²) in [4.78, 5) is 4.76. The highest BCUT2D eigenvalue weighted by atomic mass is 79.9. The summed E-state index contributed by atoms with van der Waals surface area (Å²) in [5, 5.41) is 0. The van der Waals surface area contributed by atoms with E-state index in [1.165, 1.54) is 89.7 Å². The summed E-state index contributed by atoms with van der Waals surface area (Å²) in [6.07, 6.45) is 27.1. The first-order chi connectivity index (χ1) is 23.9. The molecule has 2 heterocycles. The molecule has 4 aromatic rings. The number of aryl methyl sites for hydroxylation is 4. The van der Waals surface area contributed by atoms with E-state index < -0.39 is 0 Å². The fraction of sp³-hybridized carbons (Fsp3) is 0.422. The van der Waals surface area contributed by atoms with Gasteiger partial charge in [-0.1, -0.05) is 67.8 Å². The zero-order valence-corrected chi connectivity index (χ0v) is 35.3. The lowest BCUT2D eigenvalue weighted by Crippen LogP contribution is -3.00. The largest absolute Gasteiger partial charge is 1.00 e. The van der Waals surface area contributed by atoms with Crippen LogP contribution in [0.2, 0.25) is 0 Å². The molecule has 0 aliphatic rings. The normalized spacial score (nSPS) is 11.1. The molecule has 0 spiro atoms. The first kappa shape index (κ1) is 43.9. The van der Waals surface area contributed by atoms with Gasteiger partial charge in [0.15, 0.2) is 24.8 Å². The highest BCUT2D eigenvalue weighted by molar-refractivity contribution is 5.72. The highest BCUT2D eigenvalue weighted by Gasteiger charge is 2.07. The summed E-state index contributed by atoms with van der Waals surface area (Å²) in [6, 6.07) is 22.3. The number of halogens is 2. The molecule has 0 unspecified atom stereocenters. The lowest BCUT2D eigenvalue weighted by Gasteiger charge is -2.20. The number of hydrogen-bond donors (Lipinski definition) is 0. The van der Waals surface area contributed by atoms with E-state index in [4.69, 9.17) is 0 Å². The molecule has 4 nitrogen and oxygen atoms in total. The Balaban J connectivity index is 0.00000451. The van der Waals surface area contributed by atoms with Crippen LogP contribution >= 0.6 is 0 Å². The number of nitrogens with zero attached hydrogens (tertiary/aromatic N) is 4. The molecular formula is C45H62Br2N4. The first-order valence-corrected chi connectivity index (χ1v) is 19.0. The molecule has 6 heteroatoms. The van der Waals surface area contributed by atoms with Crippen LogP contribution in [0.4, 0.5) is 11.4 Å². The minimum absolute atomic E-state index is 0. The van der Waals surface area contributed by atoms with Crippen molar-refractivity contribution in [1.82, 2.24) is 0 Å². The zero-order valence-electron chi connectivity index (χ0n) is 32.1. The van der Waals surface area contributed by atoms with E-state index in [9.17, 15) is 0 Å². The van der Waals surface area contributed by atoms with E-state index >= 15 is 0 Å². The second-order valence-electron chi connectivity index (χ2n) is 13.3. The minimum atomic E-state index is 0. The number of anilines is 2. The van der Waals surface area contributed by atoms with Crippen molar-refractivity contribution in [2.24, 2.45) is 0 Å². The third-order valence-electron chi connectivity index (χ3n) is 9.81. The molecule has 2 aromatic heterocycles. The standard InChI is InChI=1S/C45H62N4.2BrH/c1-7-48(8-2)44-26-20-40(21-27-44)18-24-42-30-34-46(36-38(42)5)32-16-14-12-11-13-15-17-33-47-35-31-43(39(6)37-47)25-19-41-22-28-45(29-23-41)49(9-3)10-4;;/h18-31,34-37H,7-17,32-33H2,1-6H3;2*1H/q+2;;/p-2. The molecule has 0 bridgehead atoms. The molecule has 0 saturated carbocycles. The summed E-state index contributed by atoms with van der Waals surface area (Å²) in [7, 11) is 0. The van der Waals surface area contributed by atoms with Crippen molar-refractivity contribution in [3.05, 3.63) is 119 Å². The maximum atomic E-state index is 2.38. The van der Waals surface area contributed by atoms with Crippen LogP contribution in [0, 0.1) is 13.8 Å². The van der Waals surface area contributed by atoms with E-state index in [2.05, 4.69) is 170 Å². The van der Waals surface area contributed by atoms with Gasteiger partial charge >= 0.3 is 0 Å². The van der Waals surface area contributed by atoms with Gasteiger partial charge in [0.25, 0.3) is 0 Å². The Morgan fingerprint density at radius 3 is 1.10 bits per heavy atom. The van der Waals surface area contributed by atoms with Gasteiger partial charge in [-0.3, -0.25) is 0 Å². The Hall–Kier alpha value is -3.22. The van der Waals surface area contributed by atoms with Crippen molar-refractivity contribution in [2.45, 2.75) is 99.6 Å². The van der Waals surface area contributed by atoms with E-state index in [1.54, 1.807) is 0 Å². The predicted octanol–water partition coefficient (Wildman–Crippen LogP) is 4.35. The molecule has 51 heavy (non-hydrogen) atoms. The van der Waals surface area contributed by atoms with E-state index in [1.807, 2.05) is 0 Å². The van der Waals surface area contributed by atoms with Crippen molar-refractivity contribution < 1.29 is 43.1 Å². The van der Waals surface area contributed by atoms with Crippen LogP contribution in [0.1, 0.15) is 106 Å². The lowest BCUT2D eigenvalue weighted by molar-refractivity contribution is -0.697. The molecule has 2 aromatic carbocycles. The van der Waals surface area contributed by atoms with Gasteiger partial charge in [-0.2, -0.15) is 0 Å². The summed E-state index contributed by atoms with van der Waals surface area (Å²) in [6.45, 7) is 19.6. The Bertz CT molecular complexity index is 1480. The molecule has 0 fully saturated rings. The lowest BCUT2D eigenvalue weighted by atomic mass is 10.1. The van der Waals surface area contributed by atoms with Gasteiger partial charge in [-0.25, -0.2) is 9.13 Å². The van der Waals surface area contributed by atoms with Gasteiger partial charge in [0, 0.05) is 73.7 Å². The van der Waals surface area contributed by atoms with Crippen molar-refractivity contribution >= 4 is 35.7 Å². The number of rotatable bonds is 20. The maximum absolute atomic E-state index is 2.38. The topological polar surface area (TPSA) is 14.2 Å². The maximum Gasteiger partial charge on any atom is 0.172 e. The minimum Gasteiger partial charge on any atom is -1.00 e. The smallest absolute Gasteiger partial charge is 0.172 e. The van der Waals surface area contributed by atoms with E-state index in [-0.39, 0.29) is 34.0 Å². The van der Waals surface area contributed by atoms with Crippen molar-refractivity contribution in [3.8, 4) is 0 Å². The molecular weight excluding hydrogens is 756 g/mol. The van der Waals surface area contributed by atoms with Crippen LogP contribution < -0.4 is 52.9 Å². The number of hydrogen-bond acceptors (Lipinski definition) is 2. The molecule has 4 rings (SSSR count).